The van der Waals surface area contributed by atoms with Crippen LogP contribution in [0.5, 0.6) is 0 Å². The lowest BCUT2D eigenvalue weighted by Gasteiger charge is -2.24. The molecule has 0 aromatic rings. The summed E-state index contributed by atoms with van der Waals surface area (Å²) in [6.07, 6.45) is 4.42. The lowest BCUT2D eigenvalue weighted by Crippen LogP contribution is -2.41. The second-order valence-electron chi connectivity index (χ2n) is 4.10. The second kappa shape index (κ2) is 5.23. The lowest BCUT2D eigenvalue weighted by molar-refractivity contribution is -0.00254. The van der Waals surface area contributed by atoms with E-state index in [1.807, 2.05) is 0 Å². The highest BCUT2D eigenvalue weighted by Crippen LogP contribution is 2.23. The average Bonchev–Trinajstić information content (AvgIpc) is 2.34. The summed E-state index contributed by atoms with van der Waals surface area (Å²) in [5, 5.41) is 3.70. The maximum atomic E-state index is 5.83. The minimum Gasteiger partial charge on any atom is -0.374 e. The molecule has 78 valence electrons. The number of rotatable bonds is 4. The van der Waals surface area contributed by atoms with Crippen molar-refractivity contribution in [2.75, 3.05) is 0 Å². The SMILES string of the molecule is CC(S)N[C@@H]1CCC[C@H]1OC(C)C. The van der Waals surface area contributed by atoms with E-state index in [9.17, 15) is 0 Å². The first-order valence-electron chi connectivity index (χ1n) is 5.19. The summed E-state index contributed by atoms with van der Waals surface area (Å²) in [6, 6.07) is 0.509. The molecule has 0 aromatic heterocycles. The Morgan fingerprint density at radius 1 is 1.31 bits per heavy atom. The maximum Gasteiger partial charge on any atom is 0.0731 e. The fraction of sp³-hybridized carbons (Fsp3) is 1.00. The summed E-state index contributed by atoms with van der Waals surface area (Å²) in [6.45, 7) is 6.26. The van der Waals surface area contributed by atoms with Crippen LogP contribution in [0.25, 0.3) is 0 Å². The molecule has 2 nitrogen and oxygen atoms in total. The van der Waals surface area contributed by atoms with Crippen molar-refractivity contribution in [1.29, 1.82) is 0 Å². The molecule has 0 saturated heterocycles. The highest BCUT2D eigenvalue weighted by Gasteiger charge is 2.28. The summed E-state index contributed by atoms with van der Waals surface area (Å²) in [7, 11) is 0. The molecule has 3 heteroatoms. The topological polar surface area (TPSA) is 21.3 Å². The molecule has 1 N–H and O–H groups in total. The van der Waals surface area contributed by atoms with Gasteiger partial charge in [0.15, 0.2) is 0 Å². The van der Waals surface area contributed by atoms with Gasteiger partial charge in [-0.3, -0.25) is 0 Å². The van der Waals surface area contributed by atoms with Gasteiger partial charge in [0.2, 0.25) is 0 Å². The molecular weight excluding hydrogens is 182 g/mol. The molecule has 1 unspecified atom stereocenters. The molecule has 0 heterocycles. The first-order valence-corrected chi connectivity index (χ1v) is 5.71. The number of thiol groups is 1. The van der Waals surface area contributed by atoms with Gasteiger partial charge in [0, 0.05) is 11.4 Å². The van der Waals surface area contributed by atoms with Crippen molar-refractivity contribution in [3.63, 3.8) is 0 Å². The van der Waals surface area contributed by atoms with Crippen molar-refractivity contribution in [2.24, 2.45) is 0 Å². The van der Waals surface area contributed by atoms with E-state index in [0.717, 1.165) is 0 Å². The molecule has 0 spiro atoms. The number of nitrogens with one attached hydrogen (secondary N) is 1. The Morgan fingerprint density at radius 2 is 2.00 bits per heavy atom. The largest absolute Gasteiger partial charge is 0.374 e. The van der Waals surface area contributed by atoms with Crippen LogP contribution < -0.4 is 5.32 Å². The van der Waals surface area contributed by atoms with Crippen molar-refractivity contribution in [2.45, 2.75) is 63.7 Å². The molecule has 13 heavy (non-hydrogen) atoms. The maximum absolute atomic E-state index is 5.83. The zero-order valence-corrected chi connectivity index (χ0v) is 9.68. The molecular formula is C10H21NOS. The Morgan fingerprint density at radius 3 is 2.54 bits per heavy atom. The lowest BCUT2D eigenvalue weighted by atomic mass is 10.2. The monoisotopic (exact) mass is 203 g/mol. The van der Waals surface area contributed by atoms with Gasteiger partial charge < -0.3 is 10.1 Å². The van der Waals surface area contributed by atoms with Gasteiger partial charge in [0.25, 0.3) is 0 Å². The van der Waals surface area contributed by atoms with Crippen LogP contribution in [0, 0.1) is 0 Å². The summed E-state index contributed by atoms with van der Waals surface area (Å²) in [5.41, 5.74) is 0. The second-order valence-corrected chi connectivity index (χ2v) is 4.88. The molecule has 3 atom stereocenters. The zero-order chi connectivity index (χ0) is 9.84. The van der Waals surface area contributed by atoms with Gasteiger partial charge in [-0.05, 0) is 40.0 Å². The Kier molecular flexibility index (Phi) is 4.56. The number of hydrogen-bond donors (Lipinski definition) is 2. The van der Waals surface area contributed by atoms with Crippen molar-refractivity contribution < 1.29 is 4.74 Å². The molecule has 0 aromatic carbocycles. The van der Waals surface area contributed by atoms with Gasteiger partial charge in [0.05, 0.1) is 12.2 Å². The Labute approximate surface area is 86.8 Å². The van der Waals surface area contributed by atoms with Crippen LogP contribution in [0.2, 0.25) is 0 Å². The fourth-order valence-corrected chi connectivity index (χ4v) is 2.13. The van der Waals surface area contributed by atoms with Crippen LogP contribution in [0.3, 0.4) is 0 Å². The molecule has 0 amide bonds. The first-order chi connectivity index (χ1) is 6.09. The highest BCUT2D eigenvalue weighted by molar-refractivity contribution is 7.80. The van der Waals surface area contributed by atoms with Crippen LogP contribution in [-0.4, -0.2) is 23.6 Å². The third-order valence-corrected chi connectivity index (χ3v) is 2.50. The van der Waals surface area contributed by atoms with Gasteiger partial charge >= 0.3 is 0 Å². The Bertz CT molecular complexity index is 134. The van der Waals surface area contributed by atoms with E-state index in [1.54, 1.807) is 0 Å². The zero-order valence-electron chi connectivity index (χ0n) is 8.79. The first kappa shape index (κ1) is 11.3. The molecule has 0 radical (unpaired) electrons. The van der Waals surface area contributed by atoms with Gasteiger partial charge in [-0.25, -0.2) is 0 Å². The molecule has 1 saturated carbocycles. The smallest absolute Gasteiger partial charge is 0.0731 e. The highest BCUT2D eigenvalue weighted by atomic mass is 32.1. The van der Waals surface area contributed by atoms with Crippen molar-refractivity contribution in [3.8, 4) is 0 Å². The normalized spacial score (nSPS) is 31.2. The predicted octanol–water partition coefficient (Wildman–Crippen LogP) is 2.20. The molecule has 1 rings (SSSR count). The predicted molar refractivity (Wildman–Crippen MR) is 59.2 cm³/mol. The average molecular weight is 203 g/mol. The third kappa shape index (κ3) is 3.88. The summed E-state index contributed by atoms with van der Waals surface area (Å²) >= 11 is 4.34. The summed E-state index contributed by atoms with van der Waals surface area (Å²) in [4.78, 5) is 0. The van der Waals surface area contributed by atoms with E-state index < -0.39 is 0 Å². The summed E-state index contributed by atoms with van der Waals surface area (Å²) < 4.78 is 5.83. The standard InChI is InChI=1S/C10H21NOS/c1-7(2)12-10-6-4-5-9(10)11-8(3)13/h7-11,13H,4-6H2,1-3H3/t8?,9-,10-/m1/s1. The minimum atomic E-state index is 0.265. The van der Waals surface area contributed by atoms with Crippen LogP contribution in [0.15, 0.2) is 0 Å². The Hall–Kier alpha value is 0.270. The van der Waals surface area contributed by atoms with E-state index in [-0.39, 0.29) is 5.37 Å². The minimum absolute atomic E-state index is 0.265. The van der Waals surface area contributed by atoms with Crippen molar-refractivity contribution >= 4 is 12.6 Å². The van der Waals surface area contributed by atoms with Crippen LogP contribution in [0.1, 0.15) is 40.0 Å². The van der Waals surface area contributed by atoms with Gasteiger partial charge in [-0.2, -0.15) is 12.6 Å². The van der Waals surface area contributed by atoms with E-state index in [2.05, 4.69) is 38.7 Å². The fourth-order valence-electron chi connectivity index (χ4n) is 1.94. The van der Waals surface area contributed by atoms with Gasteiger partial charge in [-0.15, -0.1) is 0 Å². The number of ether oxygens (including phenoxy) is 1. The summed E-state index contributed by atoms with van der Waals surface area (Å²) in [5.74, 6) is 0. The van der Waals surface area contributed by atoms with Crippen molar-refractivity contribution in [3.05, 3.63) is 0 Å². The molecule has 0 bridgehead atoms. The molecule has 1 aliphatic carbocycles. The van der Waals surface area contributed by atoms with E-state index >= 15 is 0 Å². The molecule has 1 aliphatic rings. The van der Waals surface area contributed by atoms with Crippen molar-refractivity contribution in [1.82, 2.24) is 5.32 Å². The number of hydrogen-bond acceptors (Lipinski definition) is 3. The third-order valence-electron chi connectivity index (χ3n) is 2.35. The van der Waals surface area contributed by atoms with E-state index in [4.69, 9.17) is 4.74 Å². The van der Waals surface area contributed by atoms with E-state index in [0.29, 0.717) is 18.2 Å². The Balaban J connectivity index is 2.35. The van der Waals surface area contributed by atoms with Crippen LogP contribution >= 0.6 is 12.6 Å². The molecule has 1 fully saturated rings. The quantitative estimate of drug-likeness (QED) is 0.540. The van der Waals surface area contributed by atoms with Gasteiger partial charge in [0.1, 0.15) is 0 Å². The van der Waals surface area contributed by atoms with E-state index in [1.165, 1.54) is 19.3 Å². The van der Waals surface area contributed by atoms with Crippen LogP contribution in [0.4, 0.5) is 0 Å². The van der Waals surface area contributed by atoms with Crippen LogP contribution in [-0.2, 0) is 4.74 Å². The molecule has 0 aliphatic heterocycles. The van der Waals surface area contributed by atoms with Gasteiger partial charge in [-0.1, -0.05) is 0 Å².